The number of hydrogen-bond donors (Lipinski definition) is 3. The van der Waals surface area contributed by atoms with Crippen molar-refractivity contribution in [2.24, 2.45) is 17.6 Å². The summed E-state index contributed by atoms with van der Waals surface area (Å²) in [5.41, 5.74) is 8.83. The van der Waals surface area contributed by atoms with Gasteiger partial charge in [-0.2, -0.15) is 10.2 Å². The van der Waals surface area contributed by atoms with Crippen molar-refractivity contribution in [3.05, 3.63) is 65.5 Å². The van der Waals surface area contributed by atoms with Crippen molar-refractivity contribution in [1.29, 1.82) is 0 Å². The number of nitrogens with one attached hydrogen (secondary N) is 2. The maximum absolute atomic E-state index is 15.5. The Morgan fingerprint density at radius 2 is 1.92 bits per heavy atom. The second-order valence-corrected chi connectivity index (χ2v) is 10.2. The molecule has 0 bridgehead atoms. The fourth-order valence-corrected chi connectivity index (χ4v) is 5.64. The predicted octanol–water partition coefficient (Wildman–Crippen LogP) is 5.13. The number of amides is 1. The van der Waals surface area contributed by atoms with Crippen LogP contribution in [0.1, 0.15) is 77.7 Å². The first-order chi connectivity index (χ1) is 18.3. The molecule has 9 nitrogen and oxygen atoms in total. The van der Waals surface area contributed by atoms with Gasteiger partial charge in [-0.1, -0.05) is 25.5 Å². The number of Topliss-reactive ketones (excluding diaryl/α,β-unsaturated/α-hetero) is 1. The number of allylic oxidation sites excluding steroid dienone is 1. The average Bonchev–Trinajstić information content (AvgIpc) is 3.55. The van der Waals surface area contributed by atoms with Gasteiger partial charge in [0.25, 0.3) is 5.91 Å². The van der Waals surface area contributed by atoms with Crippen LogP contribution in [-0.2, 0) is 4.74 Å². The van der Waals surface area contributed by atoms with Gasteiger partial charge in [0.2, 0.25) is 0 Å². The first-order valence-electron chi connectivity index (χ1n) is 13.1. The van der Waals surface area contributed by atoms with Crippen LogP contribution in [0.25, 0.3) is 11.3 Å². The van der Waals surface area contributed by atoms with Gasteiger partial charge >= 0.3 is 0 Å². The van der Waals surface area contributed by atoms with Gasteiger partial charge in [-0.25, -0.2) is 9.07 Å². The van der Waals surface area contributed by atoms with E-state index in [2.05, 4.69) is 27.2 Å². The molecule has 1 aromatic carbocycles. The number of halogens is 1. The average molecular weight is 521 g/mol. The Morgan fingerprint density at radius 1 is 1.16 bits per heavy atom. The van der Waals surface area contributed by atoms with Crippen molar-refractivity contribution >= 4 is 17.4 Å². The largest absolute Gasteiger partial charge is 0.364 e. The Morgan fingerprint density at radius 3 is 2.63 bits per heavy atom. The van der Waals surface area contributed by atoms with Crippen molar-refractivity contribution in [3.63, 3.8) is 0 Å². The minimum absolute atomic E-state index is 0.0660. The molecular weight excluding hydrogens is 487 g/mol. The molecular formula is C28H33FN6O3. The van der Waals surface area contributed by atoms with E-state index >= 15 is 4.39 Å². The quantitative estimate of drug-likeness (QED) is 0.353. The number of anilines is 1. The zero-order chi connectivity index (χ0) is 26.8. The number of nitrogens with two attached hydrogens (primary N) is 1. The summed E-state index contributed by atoms with van der Waals surface area (Å²) >= 11 is 0. The van der Waals surface area contributed by atoms with E-state index in [0.717, 1.165) is 49.9 Å². The van der Waals surface area contributed by atoms with Crippen LogP contribution in [0.3, 0.4) is 0 Å². The van der Waals surface area contributed by atoms with Crippen LogP contribution < -0.4 is 11.1 Å². The van der Waals surface area contributed by atoms with Crippen LogP contribution in [0.5, 0.6) is 0 Å². The summed E-state index contributed by atoms with van der Waals surface area (Å²) in [5.74, 6) is -2.11. The second kappa shape index (κ2) is 10.9. The van der Waals surface area contributed by atoms with Gasteiger partial charge in [-0.15, -0.1) is 0 Å². The summed E-state index contributed by atoms with van der Waals surface area (Å²) in [6.07, 6.45) is 7.37. The number of carbonyl (C=O) groups excluding carboxylic acids is 2. The van der Waals surface area contributed by atoms with Crippen molar-refractivity contribution in [1.82, 2.24) is 20.0 Å². The molecule has 2 aliphatic rings. The summed E-state index contributed by atoms with van der Waals surface area (Å²) in [6, 6.07) is 6.68. The van der Waals surface area contributed by atoms with E-state index in [9.17, 15) is 9.59 Å². The maximum atomic E-state index is 15.5. The molecule has 1 saturated carbocycles. The highest BCUT2D eigenvalue weighted by Crippen LogP contribution is 2.38. The molecule has 1 saturated heterocycles. The molecule has 1 aliphatic carbocycles. The molecule has 200 valence electrons. The smallest absolute Gasteiger partial charge is 0.268 e. The molecule has 38 heavy (non-hydrogen) atoms. The first kappa shape index (κ1) is 25.8. The molecule has 4 N–H and O–H groups in total. The lowest BCUT2D eigenvalue weighted by molar-refractivity contribution is -0.0385. The molecule has 2 aromatic heterocycles. The summed E-state index contributed by atoms with van der Waals surface area (Å²) in [4.78, 5) is 25.3. The third kappa shape index (κ3) is 5.13. The zero-order valence-corrected chi connectivity index (χ0v) is 21.5. The number of aromatic nitrogens is 4. The predicted molar refractivity (Wildman–Crippen MR) is 141 cm³/mol. The Hall–Kier alpha value is -3.79. The maximum Gasteiger partial charge on any atom is 0.268 e. The first-order valence-corrected chi connectivity index (χ1v) is 13.1. The zero-order valence-electron chi connectivity index (χ0n) is 21.5. The summed E-state index contributed by atoms with van der Waals surface area (Å²) in [6.45, 7) is 6.72. The van der Waals surface area contributed by atoms with Crippen LogP contribution in [0.15, 0.2) is 42.7 Å². The van der Waals surface area contributed by atoms with E-state index in [4.69, 9.17) is 10.5 Å². The Labute approximate surface area is 220 Å². The molecule has 3 aromatic rings. The monoisotopic (exact) mass is 520 g/mol. The van der Waals surface area contributed by atoms with Gasteiger partial charge in [0, 0.05) is 29.7 Å². The second-order valence-electron chi connectivity index (χ2n) is 10.2. The minimum Gasteiger partial charge on any atom is -0.364 e. The van der Waals surface area contributed by atoms with Crippen molar-refractivity contribution in [2.75, 3.05) is 11.9 Å². The minimum atomic E-state index is -0.650. The lowest BCUT2D eigenvalue weighted by Gasteiger charge is -2.32. The number of aromatic amines is 1. The molecule has 10 heteroatoms. The Balaban J connectivity index is 1.37. The highest BCUT2D eigenvalue weighted by molar-refractivity contribution is 5.99. The fraction of sp³-hybridized carbons (Fsp3) is 0.429. The number of ether oxygens (including phenoxy) is 1. The number of hydrogen-bond acceptors (Lipinski definition) is 6. The van der Waals surface area contributed by atoms with Crippen LogP contribution in [0.2, 0.25) is 0 Å². The van der Waals surface area contributed by atoms with Crippen molar-refractivity contribution in [3.8, 4) is 11.3 Å². The molecule has 3 atom stereocenters. The topological polar surface area (TPSA) is 128 Å². The normalized spacial score (nSPS) is 21.7. The fourth-order valence-electron chi connectivity index (χ4n) is 5.64. The van der Waals surface area contributed by atoms with Crippen LogP contribution in [-0.4, -0.2) is 38.3 Å². The molecule has 1 aliphatic heterocycles. The highest BCUT2D eigenvalue weighted by atomic mass is 19.1. The molecule has 0 radical (unpaired) electrons. The van der Waals surface area contributed by atoms with Crippen molar-refractivity contribution in [2.45, 2.75) is 58.1 Å². The van der Waals surface area contributed by atoms with Crippen LogP contribution in [0.4, 0.5) is 10.1 Å². The lowest BCUT2D eigenvalue weighted by atomic mass is 9.74. The Kier molecular flexibility index (Phi) is 7.42. The van der Waals surface area contributed by atoms with E-state index in [1.807, 2.05) is 17.7 Å². The van der Waals surface area contributed by atoms with Crippen LogP contribution in [0, 0.1) is 24.6 Å². The van der Waals surface area contributed by atoms with Gasteiger partial charge in [0.05, 0.1) is 28.8 Å². The summed E-state index contributed by atoms with van der Waals surface area (Å²) in [5, 5.41) is 14.1. The summed E-state index contributed by atoms with van der Waals surface area (Å²) < 4.78 is 23.3. The third-order valence-electron chi connectivity index (χ3n) is 7.55. The van der Waals surface area contributed by atoms with E-state index in [1.54, 1.807) is 12.1 Å². The SMILES string of the molecule is C=C(Nc1cn[nH]c1C(N)=O)C1CCCCC1C(=O)c1ccc(-c2cc(C)nn2C2CCCCO2)cc1F. The summed E-state index contributed by atoms with van der Waals surface area (Å²) in [7, 11) is 0. The lowest BCUT2D eigenvalue weighted by Crippen LogP contribution is -2.31. The number of aryl methyl sites for hydroxylation is 1. The molecule has 1 amide bonds. The standard InChI is InChI=1S/C28H33FN6O3/c1-16-13-24(35(34-16)25-9-5-6-12-38-25)18-10-11-21(22(29)14-18)27(36)20-8-4-3-7-19(20)17(2)32-23-15-31-33-26(23)28(30)37/h10-11,13-15,19-20,25,32H,2-9,12H2,1H3,(H2,30,37)(H,31,33). The van der Waals surface area contributed by atoms with Gasteiger partial charge in [0.1, 0.15) is 11.5 Å². The van der Waals surface area contributed by atoms with E-state index in [0.29, 0.717) is 30.0 Å². The van der Waals surface area contributed by atoms with Crippen molar-refractivity contribution < 1.29 is 18.7 Å². The number of nitrogens with zero attached hydrogens (tertiary/aromatic N) is 3. The number of ketones is 1. The molecule has 2 fully saturated rings. The third-order valence-corrected chi connectivity index (χ3v) is 7.55. The van der Waals surface area contributed by atoms with E-state index < -0.39 is 17.6 Å². The number of benzene rings is 1. The van der Waals surface area contributed by atoms with Gasteiger partial charge in [-0.3, -0.25) is 14.7 Å². The van der Waals surface area contributed by atoms with Crippen LogP contribution >= 0.6 is 0 Å². The molecule has 3 unspecified atom stereocenters. The number of H-pyrrole nitrogens is 1. The highest BCUT2D eigenvalue weighted by Gasteiger charge is 2.35. The Bertz CT molecular complexity index is 1360. The molecule has 5 rings (SSSR count). The number of carbonyl (C=O) groups is 2. The van der Waals surface area contributed by atoms with Gasteiger partial charge in [0.15, 0.2) is 12.0 Å². The van der Waals surface area contributed by atoms with Gasteiger partial charge in [-0.05, 0) is 57.2 Å². The van der Waals surface area contributed by atoms with Gasteiger partial charge < -0.3 is 15.8 Å². The number of rotatable bonds is 8. The molecule has 3 heterocycles. The van der Waals surface area contributed by atoms with E-state index in [-0.39, 0.29) is 29.2 Å². The molecule has 0 spiro atoms. The number of primary amides is 1. The van der Waals surface area contributed by atoms with E-state index in [1.165, 1.54) is 12.3 Å².